The maximum absolute atomic E-state index is 11.9. The lowest BCUT2D eigenvalue weighted by Gasteiger charge is -2.14. The first-order chi connectivity index (χ1) is 9.60. The van der Waals surface area contributed by atoms with Crippen LogP contribution in [0.1, 0.15) is 22.3 Å². The van der Waals surface area contributed by atoms with E-state index in [1.165, 1.54) is 7.11 Å². The van der Waals surface area contributed by atoms with E-state index in [0.717, 1.165) is 12.0 Å². The standard InChI is InChI=1S/C14H18N2O4/c1-9-3-4-12(11(7-9)13(17)19-2)16-14(18)15-10-5-6-20-8-10/h3-4,7,10H,5-6,8H2,1-2H3,(H2,15,16,18). The van der Waals surface area contributed by atoms with E-state index in [0.29, 0.717) is 24.5 Å². The number of hydrogen-bond donors (Lipinski definition) is 2. The summed E-state index contributed by atoms with van der Waals surface area (Å²) in [5, 5.41) is 5.47. The van der Waals surface area contributed by atoms with Gasteiger partial charge in [-0.2, -0.15) is 0 Å². The van der Waals surface area contributed by atoms with Crippen molar-refractivity contribution in [2.24, 2.45) is 0 Å². The van der Waals surface area contributed by atoms with Gasteiger partial charge in [0.05, 0.1) is 31.0 Å². The van der Waals surface area contributed by atoms with Gasteiger partial charge in [-0.1, -0.05) is 11.6 Å². The Balaban J connectivity index is 2.07. The Kier molecular flexibility index (Phi) is 4.57. The van der Waals surface area contributed by atoms with Gasteiger partial charge in [0.15, 0.2) is 0 Å². The van der Waals surface area contributed by atoms with Crippen LogP contribution in [0.5, 0.6) is 0 Å². The largest absolute Gasteiger partial charge is 0.465 e. The van der Waals surface area contributed by atoms with Crippen LogP contribution in [-0.2, 0) is 9.47 Å². The first-order valence-electron chi connectivity index (χ1n) is 6.44. The molecule has 0 saturated carbocycles. The molecule has 1 aliphatic heterocycles. The zero-order valence-corrected chi connectivity index (χ0v) is 11.6. The fourth-order valence-corrected chi connectivity index (χ4v) is 2.04. The fraction of sp³-hybridized carbons (Fsp3) is 0.429. The Bertz CT molecular complexity index is 510. The SMILES string of the molecule is COC(=O)c1cc(C)ccc1NC(=O)NC1CCOC1. The van der Waals surface area contributed by atoms with E-state index >= 15 is 0 Å². The van der Waals surface area contributed by atoms with Crippen LogP contribution in [0.25, 0.3) is 0 Å². The summed E-state index contributed by atoms with van der Waals surface area (Å²) in [5.74, 6) is -0.479. The van der Waals surface area contributed by atoms with Gasteiger partial charge in [-0.05, 0) is 25.5 Å². The molecule has 1 heterocycles. The Morgan fingerprint density at radius 2 is 2.20 bits per heavy atom. The summed E-state index contributed by atoms with van der Waals surface area (Å²) in [4.78, 5) is 23.6. The topological polar surface area (TPSA) is 76.7 Å². The van der Waals surface area contributed by atoms with Crippen molar-refractivity contribution < 1.29 is 19.1 Å². The van der Waals surface area contributed by atoms with Crippen molar-refractivity contribution in [1.29, 1.82) is 0 Å². The number of carbonyl (C=O) groups excluding carboxylic acids is 2. The van der Waals surface area contributed by atoms with Crippen molar-refractivity contribution >= 4 is 17.7 Å². The van der Waals surface area contributed by atoms with Crippen molar-refractivity contribution in [3.63, 3.8) is 0 Å². The normalized spacial score (nSPS) is 17.6. The summed E-state index contributed by atoms with van der Waals surface area (Å²) < 4.78 is 9.90. The molecule has 1 atom stereocenters. The number of ether oxygens (including phenoxy) is 2. The zero-order chi connectivity index (χ0) is 14.5. The van der Waals surface area contributed by atoms with Crippen LogP contribution in [0.4, 0.5) is 10.5 Å². The first kappa shape index (κ1) is 14.3. The van der Waals surface area contributed by atoms with Gasteiger partial charge < -0.3 is 20.1 Å². The molecule has 1 aliphatic rings. The number of rotatable bonds is 3. The number of carbonyl (C=O) groups is 2. The lowest BCUT2D eigenvalue weighted by molar-refractivity contribution is 0.0602. The van der Waals surface area contributed by atoms with E-state index in [1.807, 2.05) is 13.0 Å². The van der Waals surface area contributed by atoms with Crippen molar-refractivity contribution in [2.45, 2.75) is 19.4 Å². The molecule has 2 N–H and O–H groups in total. The summed E-state index contributed by atoms with van der Waals surface area (Å²) in [6, 6.07) is 4.85. The molecular formula is C14H18N2O4. The number of urea groups is 1. The van der Waals surface area contributed by atoms with Gasteiger partial charge in [0.1, 0.15) is 0 Å². The van der Waals surface area contributed by atoms with Gasteiger partial charge in [0.2, 0.25) is 0 Å². The maximum atomic E-state index is 11.9. The number of aryl methyl sites for hydroxylation is 1. The second kappa shape index (κ2) is 6.38. The molecule has 20 heavy (non-hydrogen) atoms. The van der Waals surface area contributed by atoms with Crippen LogP contribution in [0.15, 0.2) is 18.2 Å². The number of benzene rings is 1. The van der Waals surface area contributed by atoms with Gasteiger partial charge >= 0.3 is 12.0 Å². The molecular weight excluding hydrogens is 260 g/mol. The van der Waals surface area contributed by atoms with Crippen LogP contribution >= 0.6 is 0 Å². The minimum Gasteiger partial charge on any atom is -0.465 e. The molecule has 6 heteroatoms. The van der Waals surface area contributed by atoms with Crippen molar-refractivity contribution in [3.05, 3.63) is 29.3 Å². The van der Waals surface area contributed by atoms with Crippen LogP contribution in [-0.4, -0.2) is 38.4 Å². The highest BCUT2D eigenvalue weighted by molar-refractivity contribution is 6.01. The highest BCUT2D eigenvalue weighted by atomic mass is 16.5. The molecule has 1 unspecified atom stereocenters. The molecule has 0 radical (unpaired) electrons. The molecule has 0 bridgehead atoms. The Morgan fingerprint density at radius 1 is 1.40 bits per heavy atom. The summed E-state index contributed by atoms with van der Waals surface area (Å²) in [5.41, 5.74) is 1.68. The van der Waals surface area contributed by atoms with Crippen LogP contribution in [0.3, 0.4) is 0 Å². The minimum atomic E-state index is -0.479. The average Bonchev–Trinajstić information content (AvgIpc) is 2.92. The molecule has 1 aromatic rings. The van der Waals surface area contributed by atoms with E-state index in [9.17, 15) is 9.59 Å². The Morgan fingerprint density at radius 3 is 2.85 bits per heavy atom. The Hall–Kier alpha value is -2.08. The highest BCUT2D eigenvalue weighted by Crippen LogP contribution is 2.18. The fourth-order valence-electron chi connectivity index (χ4n) is 2.04. The van der Waals surface area contributed by atoms with Gasteiger partial charge in [0, 0.05) is 6.61 Å². The number of esters is 1. The van der Waals surface area contributed by atoms with Gasteiger partial charge in [-0.15, -0.1) is 0 Å². The predicted molar refractivity (Wildman–Crippen MR) is 73.9 cm³/mol. The number of nitrogens with one attached hydrogen (secondary N) is 2. The molecule has 0 aliphatic carbocycles. The monoisotopic (exact) mass is 278 g/mol. The van der Waals surface area contributed by atoms with E-state index in [-0.39, 0.29) is 12.1 Å². The minimum absolute atomic E-state index is 0.0158. The number of amides is 2. The third-order valence-electron chi connectivity index (χ3n) is 3.09. The molecule has 1 aromatic carbocycles. The third-order valence-corrected chi connectivity index (χ3v) is 3.09. The summed E-state index contributed by atoms with van der Waals surface area (Å²) in [7, 11) is 1.31. The average molecular weight is 278 g/mol. The molecule has 108 valence electrons. The van der Waals surface area contributed by atoms with Gasteiger partial charge in [0.25, 0.3) is 0 Å². The van der Waals surface area contributed by atoms with Gasteiger partial charge in [-0.3, -0.25) is 0 Å². The summed E-state index contributed by atoms with van der Waals surface area (Å²) >= 11 is 0. The second-order valence-electron chi connectivity index (χ2n) is 4.70. The summed E-state index contributed by atoms with van der Waals surface area (Å²) in [6.45, 7) is 3.04. The van der Waals surface area contributed by atoms with Crippen molar-refractivity contribution in [2.75, 3.05) is 25.6 Å². The lowest BCUT2D eigenvalue weighted by atomic mass is 10.1. The number of anilines is 1. The van der Waals surface area contributed by atoms with Gasteiger partial charge in [-0.25, -0.2) is 9.59 Å². The molecule has 1 fully saturated rings. The van der Waals surface area contributed by atoms with E-state index < -0.39 is 5.97 Å². The lowest BCUT2D eigenvalue weighted by Crippen LogP contribution is -2.38. The number of methoxy groups -OCH3 is 1. The van der Waals surface area contributed by atoms with Crippen LogP contribution < -0.4 is 10.6 Å². The zero-order valence-electron chi connectivity index (χ0n) is 11.6. The quantitative estimate of drug-likeness (QED) is 0.825. The van der Waals surface area contributed by atoms with E-state index in [4.69, 9.17) is 9.47 Å². The van der Waals surface area contributed by atoms with E-state index in [1.54, 1.807) is 12.1 Å². The molecule has 2 amide bonds. The first-order valence-corrected chi connectivity index (χ1v) is 6.44. The number of hydrogen-bond acceptors (Lipinski definition) is 4. The van der Waals surface area contributed by atoms with E-state index in [2.05, 4.69) is 10.6 Å². The van der Waals surface area contributed by atoms with Crippen molar-refractivity contribution in [1.82, 2.24) is 5.32 Å². The molecule has 2 rings (SSSR count). The second-order valence-corrected chi connectivity index (χ2v) is 4.70. The molecule has 6 nitrogen and oxygen atoms in total. The van der Waals surface area contributed by atoms with Crippen molar-refractivity contribution in [3.8, 4) is 0 Å². The third kappa shape index (κ3) is 3.48. The molecule has 0 aromatic heterocycles. The smallest absolute Gasteiger partial charge is 0.339 e. The maximum Gasteiger partial charge on any atom is 0.339 e. The van der Waals surface area contributed by atoms with Crippen LogP contribution in [0, 0.1) is 6.92 Å². The highest BCUT2D eigenvalue weighted by Gasteiger charge is 2.19. The predicted octanol–water partition coefficient (Wildman–Crippen LogP) is 1.69. The molecule has 1 saturated heterocycles. The summed E-state index contributed by atoms with van der Waals surface area (Å²) in [6.07, 6.45) is 0.797. The molecule has 0 spiro atoms. The Labute approximate surface area is 117 Å². The van der Waals surface area contributed by atoms with Crippen LogP contribution in [0.2, 0.25) is 0 Å².